The van der Waals surface area contributed by atoms with Gasteiger partial charge in [0.1, 0.15) is 0 Å². The summed E-state index contributed by atoms with van der Waals surface area (Å²) in [6.45, 7) is 6.44. The van der Waals surface area contributed by atoms with Crippen molar-refractivity contribution in [1.29, 1.82) is 0 Å². The molecule has 0 heterocycles. The van der Waals surface area contributed by atoms with Crippen molar-refractivity contribution in [3.8, 4) is 0 Å². The van der Waals surface area contributed by atoms with Gasteiger partial charge in [-0.25, -0.2) is 0 Å². The Balaban J connectivity index is 2.04. The molecule has 1 aromatic carbocycles. The molecule has 0 spiro atoms. The lowest BCUT2D eigenvalue weighted by atomic mass is 10.1. The molecule has 112 valence electrons. The van der Waals surface area contributed by atoms with E-state index in [1.165, 1.54) is 24.1 Å². The molecule has 0 aliphatic heterocycles. The van der Waals surface area contributed by atoms with E-state index in [0.717, 1.165) is 30.0 Å². The van der Waals surface area contributed by atoms with Crippen LogP contribution in [0.15, 0.2) is 22.7 Å². The number of rotatable bonds is 8. The number of aliphatic hydroxyl groups excluding tert-OH is 1. The summed E-state index contributed by atoms with van der Waals surface area (Å²) in [5.74, 6) is 0. The van der Waals surface area contributed by atoms with Crippen LogP contribution < -0.4 is 10.2 Å². The second kappa shape index (κ2) is 7.43. The van der Waals surface area contributed by atoms with Crippen LogP contribution in [-0.2, 0) is 6.54 Å². The first-order valence-corrected chi connectivity index (χ1v) is 8.30. The molecule has 0 amide bonds. The standard InChI is InChI=1S/C16H25BrN2O/c1-12(2)19(8-3-9-20)15-7-4-13(16(17)10-15)11-18-14-5-6-14/h4,7,10,12,14,18,20H,3,5-6,8-9,11H2,1-2H3. The third-order valence-corrected chi connectivity index (χ3v) is 4.45. The molecule has 2 N–H and O–H groups in total. The smallest absolute Gasteiger partial charge is 0.0447 e. The third-order valence-electron chi connectivity index (χ3n) is 3.71. The Morgan fingerprint density at radius 1 is 1.40 bits per heavy atom. The van der Waals surface area contributed by atoms with Crippen molar-refractivity contribution in [2.75, 3.05) is 18.1 Å². The number of aliphatic hydroxyl groups is 1. The van der Waals surface area contributed by atoms with E-state index in [1.807, 2.05) is 0 Å². The van der Waals surface area contributed by atoms with E-state index in [9.17, 15) is 0 Å². The largest absolute Gasteiger partial charge is 0.396 e. The molecule has 20 heavy (non-hydrogen) atoms. The summed E-state index contributed by atoms with van der Waals surface area (Å²) >= 11 is 3.69. The van der Waals surface area contributed by atoms with Gasteiger partial charge in [0.2, 0.25) is 0 Å². The molecule has 0 radical (unpaired) electrons. The van der Waals surface area contributed by atoms with Crippen molar-refractivity contribution in [2.24, 2.45) is 0 Å². The van der Waals surface area contributed by atoms with Gasteiger partial charge in [0.25, 0.3) is 0 Å². The van der Waals surface area contributed by atoms with E-state index in [1.54, 1.807) is 0 Å². The zero-order valence-corrected chi connectivity index (χ0v) is 14.0. The minimum Gasteiger partial charge on any atom is -0.396 e. The first kappa shape index (κ1) is 15.8. The van der Waals surface area contributed by atoms with Gasteiger partial charge in [-0.3, -0.25) is 0 Å². The number of anilines is 1. The van der Waals surface area contributed by atoms with E-state index >= 15 is 0 Å². The van der Waals surface area contributed by atoms with Crippen LogP contribution in [0, 0.1) is 0 Å². The second-order valence-electron chi connectivity index (χ2n) is 5.80. The van der Waals surface area contributed by atoms with Gasteiger partial charge in [-0.05, 0) is 50.8 Å². The molecule has 0 saturated heterocycles. The topological polar surface area (TPSA) is 35.5 Å². The Hall–Kier alpha value is -0.580. The monoisotopic (exact) mass is 340 g/mol. The highest BCUT2D eigenvalue weighted by Gasteiger charge is 2.20. The van der Waals surface area contributed by atoms with Crippen molar-refractivity contribution in [3.63, 3.8) is 0 Å². The van der Waals surface area contributed by atoms with E-state index in [0.29, 0.717) is 6.04 Å². The van der Waals surface area contributed by atoms with Crippen LogP contribution in [0.1, 0.15) is 38.7 Å². The normalized spacial score (nSPS) is 14.8. The van der Waals surface area contributed by atoms with Gasteiger partial charge in [0, 0.05) is 41.9 Å². The molecule has 0 unspecified atom stereocenters. The fraction of sp³-hybridized carbons (Fsp3) is 0.625. The molecule has 1 aliphatic carbocycles. The van der Waals surface area contributed by atoms with Crippen LogP contribution >= 0.6 is 15.9 Å². The van der Waals surface area contributed by atoms with Crippen LogP contribution in [0.5, 0.6) is 0 Å². The summed E-state index contributed by atoms with van der Waals surface area (Å²) in [6.07, 6.45) is 3.44. The number of halogens is 1. The molecule has 3 nitrogen and oxygen atoms in total. The average molecular weight is 341 g/mol. The minimum atomic E-state index is 0.244. The van der Waals surface area contributed by atoms with E-state index in [-0.39, 0.29) is 6.61 Å². The van der Waals surface area contributed by atoms with Crippen molar-refractivity contribution >= 4 is 21.6 Å². The summed E-state index contributed by atoms with van der Waals surface area (Å²) in [5.41, 5.74) is 2.53. The van der Waals surface area contributed by atoms with E-state index in [4.69, 9.17) is 5.11 Å². The molecule has 1 saturated carbocycles. The summed E-state index contributed by atoms with van der Waals surface area (Å²) in [7, 11) is 0. The Morgan fingerprint density at radius 3 is 2.70 bits per heavy atom. The predicted molar refractivity (Wildman–Crippen MR) is 88.2 cm³/mol. The second-order valence-corrected chi connectivity index (χ2v) is 6.65. The van der Waals surface area contributed by atoms with E-state index < -0.39 is 0 Å². The molecule has 1 fully saturated rings. The van der Waals surface area contributed by atoms with Crippen LogP contribution in [0.4, 0.5) is 5.69 Å². The summed E-state index contributed by atoms with van der Waals surface area (Å²) in [6, 6.07) is 7.75. The van der Waals surface area contributed by atoms with Crippen LogP contribution in [0.3, 0.4) is 0 Å². The predicted octanol–water partition coefficient (Wildman–Crippen LogP) is 3.30. The van der Waals surface area contributed by atoms with Crippen LogP contribution in [0.2, 0.25) is 0 Å². The maximum absolute atomic E-state index is 9.03. The highest BCUT2D eigenvalue weighted by atomic mass is 79.9. The van der Waals surface area contributed by atoms with Gasteiger partial charge in [0.05, 0.1) is 0 Å². The lowest BCUT2D eigenvalue weighted by molar-refractivity contribution is 0.288. The summed E-state index contributed by atoms with van der Waals surface area (Å²) in [4.78, 5) is 2.33. The van der Waals surface area contributed by atoms with Gasteiger partial charge in [-0.1, -0.05) is 22.0 Å². The quantitative estimate of drug-likeness (QED) is 0.762. The van der Waals surface area contributed by atoms with Crippen molar-refractivity contribution < 1.29 is 5.11 Å². The highest BCUT2D eigenvalue weighted by molar-refractivity contribution is 9.10. The minimum absolute atomic E-state index is 0.244. The molecule has 0 bridgehead atoms. The molecule has 2 rings (SSSR count). The summed E-state index contributed by atoms with van der Waals surface area (Å²) in [5, 5.41) is 12.6. The zero-order valence-electron chi connectivity index (χ0n) is 12.4. The maximum atomic E-state index is 9.03. The number of nitrogens with one attached hydrogen (secondary N) is 1. The zero-order chi connectivity index (χ0) is 14.5. The van der Waals surface area contributed by atoms with Crippen LogP contribution in [0.25, 0.3) is 0 Å². The lowest BCUT2D eigenvalue weighted by Crippen LogP contribution is -2.32. The average Bonchev–Trinajstić information content (AvgIpc) is 3.22. The molecule has 4 heteroatoms. The molecule has 0 aromatic heterocycles. The number of hydrogen-bond acceptors (Lipinski definition) is 3. The fourth-order valence-electron chi connectivity index (χ4n) is 2.33. The lowest BCUT2D eigenvalue weighted by Gasteiger charge is -2.29. The first-order valence-electron chi connectivity index (χ1n) is 7.51. The summed E-state index contributed by atoms with van der Waals surface area (Å²) < 4.78 is 1.16. The fourth-order valence-corrected chi connectivity index (χ4v) is 2.83. The maximum Gasteiger partial charge on any atom is 0.0447 e. The van der Waals surface area contributed by atoms with Crippen LogP contribution in [-0.4, -0.2) is 30.3 Å². The molecule has 0 atom stereocenters. The number of hydrogen-bond donors (Lipinski definition) is 2. The van der Waals surface area contributed by atoms with Crippen molar-refractivity contribution in [1.82, 2.24) is 5.32 Å². The molecule has 1 aliphatic rings. The molecular formula is C16H25BrN2O. The first-order chi connectivity index (χ1) is 9.61. The van der Waals surface area contributed by atoms with Gasteiger partial charge < -0.3 is 15.3 Å². The highest BCUT2D eigenvalue weighted by Crippen LogP contribution is 2.27. The van der Waals surface area contributed by atoms with E-state index in [2.05, 4.69) is 58.2 Å². The Bertz CT molecular complexity index is 432. The van der Waals surface area contributed by atoms with Crippen molar-refractivity contribution in [2.45, 2.75) is 51.7 Å². The van der Waals surface area contributed by atoms with Gasteiger partial charge in [-0.15, -0.1) is 0 Å². The SMILES string of the molecule is CC(C)N(CCCO)c1ccc(CNC2CC2)c(Br)c1. The Kier molecular flexibility index (Phi) is 5.87. The number of nitrogens with zero attached hydrogens (tertiary/aromatic N) is 1. The van der Waals surface area contributed by atoms with Crippen molar-refractivity contribution in [3.05, 3.63) is 28.2 Å². The van der Waals surface area contributed by atoms with Gasteiger partial charge >= 0.3 is 0 Å². The number of benzene rings is 1. The molecular weight excluding hydrogens is 316 g/mol. The molecule has 1 aromatic rings. The Morgan fingerprint density at radius 2 is 2.15 bits per heavy atom. The van der Waals surface area contributed by atoms with Gasteiger partial charge in [-0.2, -0.15) is 0 Å². The third kappa shape index (κ3) is 4.47. The van der Waals surface area contributed by atoms with Gasteiger partial charge in [0.15, 0.2) is 0 Å². The Labute approximate surface area is 130 Å².